The lowest BCUT2D eigenvalue weighted by Crippen LogP contribution is -2.43. The standard InChI is InChI=1S/C26H26ClN5O6.C25H24ClN5O6/c1-15(2)38-21-10-9-19(11-16(21)3)28-24-30-25(34)32(13-22-29-20(14-37-22)23(33)36-4)26(35)31(24)12-17-5-7-18(27)8-6-17;1-14(2)37-20-9-8-18(10-15(20)3)27-23-29-24(34)31(12-21-28-19(13-36-21)22(32)33)25(35)30(23)11-16-4-6-17(26)7-5-16/h5-11,14-15H,12-13H2,1-4H3,(H,28,30,34);4-10,13-14H,11-12H2,1-3H3,(H,32,33)(H,27,29,34). The predicted octanol–water partition coefficient (Wildman–Crippen LogP) is 7.45. The van der Waals surface area contributed by atoms with Gasteiger partial charge in [-0.15, -0.1) is 0 Å². The smallest absolute Gasteiger partial charge is 0.360 e. The Balaban J connectivity index is 0.000000219. The van der Waals surface area contributed by atoms with Crippen LogP contribution in [0, 0.1) is 13.8 Å². The first kappa shape index (κ1) is 54.0. The van der Waals surface area contributed by atoms with Gasteiger partial charge in [0.2, 0.25) is 23.7 Å². The maximum atomic E-state index is 13.6. The minimum absolute atomic E-state index is 0.00607. The van der Waals surface area contributed by atoms with Crippen LogP contribution in [0.1, 0.15) is 82.7 Å². The van der Waals surface area contributed by atoms with Crippen LogP contribution in [-0.2, 0) is 30.9 Å². The van der Waals surface area contributed by atoms with Gasteiger partial charge in [0.25, 0.3) is 0 Å². The Hall–Kier alpha value is -8.76. The molecule has 0 aliphatic rings. The molecule has 0 fully saturated rings. The SMILES string of the molecule is COC(=O)c1coc(Cn2c(=O)nc(Nc3ccc(OC(C)C)c(C)c3)n(Cc3ccc(Cl)cc3)c2=O)n1.Cc1cc(Nc2nc(=O)n(Cc3nc(C(=O)O)co3)c(=O)n2Cc2ccc(Cl)cc2)ccc1OC(C)C. The maximum absolute atomic E-state index is 13.6. The van der Waals surface area contributed by atoms with Crippen LogP contribution in [0.4, 0.5) is 23.3 Å². The van der Waals surface area contributed by atoms with E-state index in [1.165, 1.54) is 16.2 Å². The van der Waals surface area contributed by atoms with Gasteiger partial charge in [-0.2, -0.15) is 9.97 Å². The monoisotopic (exact) mass is 1060 g/mol. The third-order valence-corrected chi connectivity index (χ3v) is 11.2. The van der Waals surface area contributed by atoms with E-state index in [-0.39, 0.29) is 73.5 Å². The van der Waals surface area contributed by atoms with Gasteiger partial charge in [-0.1, -0.05) is 47.5 Å². The normalized spacial score (nSPS) is 11.0. The average molecular weight is 1070 g/mol. The molecule has 0 saturated heterocycles. The number of ether oxygens (including phenoxy) is 3. The highest BCUT2D eigenvalue weighted by Crippen LogP contribution is 2.26. The van der Waals surface area contributed by atoms with Crippen LogP contribution in [0.5, 0.6) is 11.5 Å². The van der Waals surface area contributed by atoms with Gasteiger partial charge in [-0.25, -0.2) is 47.9 Å². The Bertz CT molecular complexity index is 3600. The van der Waals surface area contributed by atoms with Crippen molar-refractivity contribution >= 4 is 58.4 Å². The van der Waals surface area contributed by atoms with Crippen LogP contribution in [0.2, 0.25) is 10.0 Å². The number of nitrogens with one attached hydrogen (secondary N) is 2. The summed E-state index contributed by atoms with van der Waals surface area (Å²) in [7, 11) is 1.21. The number of oxazole rings is 2. The third kappa shape index (κ3) is 13.9. The van der Waals surface area contributed by atoms with Gasteiger partial charge in [0.1, 0.15) is 37.1 Å². The summed E-state index contributed by atoms with van der Waals surface area (Å²) in [4.78, 5) is 91.7. The molecule has 0 saturated carbocycles. The highest BCUT2D eigenvalue weighted by Gasteiger charge is 2.21. The number of carbonyl (C=O) groups excluding carboxylic acids is 1. The van der Waals surface area contributed by atoms with E-state index in [1.807, 2.05) is 59.7 Å². The molecule has 3 N–H and O–H groups in total. The van der Waals surface area contributed by atoms with Gasteiger partial charge in [0.15, 0.2) is 11.4 Å². The minimum Gasteiger partial charge on any atom is -0.491 e. The summed E-state index contributed by atoms with van der Waals surface area (Å²) in [5.74, 6) is -0.623. The average Bonchev–Trinajstić information content (AvgIpc) is 4.05. The topological polar surface area (TPSA) is 272 Å². The second kappa shape index (κ2) is 23.9. The zero-order valence-corrected chi connectivity index (χ0v) is 43.0. The van der Waals surface area contributed by atoms with Crippen molar-refractivity contribution in [1.82, 2.24) is 38.2 Å². The number of nitrogens with zero attached hydrogens (tertiary/aromatic N) is 8. The molecule has 75 heavy (non-hydrogen) atoms. The number of carboxylic acids is 1. The molecule has 0 amide bonds. The number of carbonyl (C=O) groups is 2. The quantitative estimate of drug-likeness (QED) is 0.0704. The number of methoxy groups -OCH3 is 1. The van der Waals surface area contributed by atoms with E-state index in [1.54, 1.807) is 66.7 Å². The molecule has 4 aromatic carbocycles. The third-order valence-electron chi connectivity index (χ3n) is 10.7. The summed E-state index contributed by atoms with van der Waals surface area (Å²) in [5, 5.41) is 16.3. The first-order valence-electron chi connectivity index (χ1n) is 23.0. The fraction of sp³-hybridized carbons (Fsp3) is 0.255. The number of benzene rings is 4. The fourth-order valence-electron chi connectivity index (χ4n) is 7.17. The van der Waals surface area contributed by atoms with Crippen molar-refractivity contribution in [1.29, 1.82) is 0 Å². The lowest BCUT2D eigenvalue weighted by molar-refractivity contribution is 0.0593. The second-order valence-electron chi connectivity index (χ2n) is 17.2. The van der Waals surface area contributed by atoms with Crippen molar-refractivity contribution in [2.75, 3.05) is 17.7 Å². The zero-order chi connectivity index (χ0) is 54.1. The molecule has 4 aromatic heterocycles. The molecule has 0 aliphatic carbocycles. The molecule has 22 nitrogen and oxygen atoms in total. The number of halogens is 2. The first-order valence-corrected chi connectivity index (χ1v) is 23.7. The molecular formula is C51H50Cl2N10O12. The Labute approximate surface area is 436 Å². The van der Waals surface area contributed by atoms with E-state index in [2.05, 4.69) is 35.3 Å². The molecule has 8 rings (SSSR count). The highest BCUT2D eigenvalue weighted by molar-refractivity contribution is 6.30. The van der Waals surface area contributed by atoms with Gasteiger partial charge in [0.05, 0.1) is 32.4 Å². The summed E-state index contributed by atoms with van der Waals surface area (Å²) in [5.41, 5.74) is 0.996. The van der Waals surface area contributed by atoms with E-state index in [9.17, 15) is 28.8 Å². The Kier molecular flexibility index (Phi) is 17.2. The van der Waals surface area contributed by atoms with Gasteiger partial charge in [-0.05, 0) is 124 Å². The van der Waals surface area contributed by atoms with Gasteiger partial charge in [0, 0.05) is 21.4 Å². The lowest BCUT2D eigenvalue weighted by atomic mass is 10.2. The summed E-state index contributed by atoms with van der Waals surface area (Å²) in [6.07, 6.45) is 2.05. The summed E-state index contributed by atoms with van der Waals surface area (Å²) >= 11 is 12.0. The van der Waals surface area contributed by atoms with Crippen LogP contribution in [0.3, 0.4) is 0 Å². The number of aryl methyl sites for hydroxylation is 2. The molecule has 4 heterocycles. The molecular weight excluding hydrogens is 1020 g/mol. The largest absolute Gasteiger partial charge is 0.491 e. The molecule has 8 aromatic rings. The Morgan fingerprint density at radius 1 is 0.587 bits per heavy atom. The van der Waals surface area contributed by atoms with Gasteiger partial charge < -0.3 is 38.8 Å². The number of hydrogen-bond acceptors (Lipinski definition) is 17. The Morgan fingerprint density at radius 2 is 0.987 bits per heavy atom. The molecule has 0 atom stereocenters. The number of esters is 1. The second-order valence-corrected chi connectivity index (χ2v) is 18.1. The summed E-state index contributed by atoms with van der Waals surface area (Å²) < 4.78 is 30.9. The van der Waals surface area contributed by atoms with Crippen LogP contribution in [0.25, 0.3) is 0 Å². The van der Waals surface area contributed by atoms with Gasteiger partial charge in [-0.3, -0.25) is 9.13 Å². The van der Waals surface area contributed by atoms with E-state index >= 15 is 0 Å². The molecule has 24 heteroatoms. The number of rotatable bonds is 18. The molecule has 0 unspecified atom stereocenters. The molecule has 0 bridgehead atoms. The van der Waals surface area contributed by atoms with Crippen LogP contribution in [-0.4, -0.2) is 74.6 Å². The number of aromatic nitrogens is 8. The highest BCUT2D eigenvalue weighted by atomic mass is 35.5. The maximum Gasteiger partial charge on any atom is 0.360 e. The molecule has 0 spiro atoms. The first-order chi connectivity index (χ1) is 35.7. The fourth-order valence-corrected chi connectivity index (χ4v) is 7.42. The number of aromatic carboxylic acids is 1. The Morgan fingerprint density at radius 3 is 1.35 bits per heavy atom. The summed E-state index contributed by atoms with van der Waals surface area (Å²) in [6.45, 7) is 11.0. The lowest BCUT2D eigenvalue weighted by Gasteiger charge is -2.17. The molecule has 0 aliphatic heterocycles. The number of anilines is 4. The van der Waals surface area contributed by atoms with Crippen LogP contribution in [0.15, 0.2) is 125 Å². The predicted molar refractivity (Wildman–Crippen MR) is 277 cm³/mol. The minimum atomic E-state index is -1.29. The number of carboxylic acid groups (broad SMARTS) is 1. The van der Waals surface area contributed by atoms with Gasteiger partial charge >= 0.3 is 34.7 Å². The summed E-state index contributed by atoms with van der Waals surface area (Å²) in [6, 6.07) is 24.6. The van der Waals surface area contributed by atoms with Crippen molar-refractivity contribution in [3.63, 3.8) is 0 Å². The van der Waals surface area contributed by atoms with Crippen molar-refractivity contribution < 1.29 is 37.7 Å². The zero-order valence-electron chi connectivity index (χ0n) is 41.5. The van der Waals surface area contributed by atoms with Crippen molar-refractivity contribution in [2.24, 2.45) is 0 Å². The van der Waals surface area contributed by atoms with Crippen molar-refractivity contribution in [3.8, 4) is 11.5 Å². The van der Waals surface area contributed by atoms with E-state index in [4.69, 9.17) is 46.6 Å². The van der Waals surface area contributed by atoms with E-state index < -0.39 is 34.7 Å². The molecule has 0 radical (unpaired) electrons. The van der Waals surface area contributed by atoms with Crippen molar-refractivity contribution in [3.05, 3.63) is 195 Å². The van der Waals surface area contributed by atoms with Crippen LogP contribution < -0.4 is 42.9 Å². The van der Waals surface area contributed by atoms with Crippen LogP contribution >= 0.6 is 23.2 Å². The van der Waals surface area contributed by atoms with Crippen molar-refractivity contribution in [2.45, 2.75) is 79.9 Å². The number of hydrogen-bond donors (Lipinski definition) is 3. The molecule has 390 valence electrons. The van der Waals surface area contributed by atoms with E-state index in [0.717, 1.165) is 49.7 Å². The van der Waals surface area contributed by atoms with E-state index in [0.29, 0.717) is 27.2 Å².